The van der Waals surface area contributed by atoms with Gasteiger partial charge in [0.05, 0.1) is 17.9 Å². The van der Waals surface area contributed by atoms with Crippen LogP contribution in [-0.2, 0) is 27.0 Å². The zero-order valence-electron chi connectivity index (χ0n) is 21.7. The molecule has 1 fully saturated rings. The van der Waals surface area contributed by atoms with E-state index in [4.69, 9.17) is 0 Å². The number of anilines is 1. The molecule has 1 amide bonds. The highest BCUT2D eigenvalue weighted by Gasteiger charge is 2.30. The Bertz CT molecular complexity index is 1360. The molecule has 1 atom stereocenters. The first kappa shape index (κ1) is 28.6. The van der Waals surface area contributed by atoms with Gasteiger partial charge in [-0.05, 0) is 55.7 Å². The monoisotopic (exact) mass is 559 g/mol. The highest BCUT2D eigenvalue weighted by molar-refractivity contribution is 7.92. The third-order valence-corrected chi connectivity index (χ3v) is 8.70. The van der Waals surface area contributed by atoms with Crippen molar-refractivity contribution in [3.05, 3.63) is 101 Å². The summed E-state index contributed by atoms with van der Waals surface area (Å²) >= 11 is 0. The summed E-state index contributed by atoms with van der Waals surface area (Å²) in [7, 11) is -3.82. The highest BCUT2D eigenvalue weighted by atomic mass is 32.2. The topological polar surface area (TPSA) is 69.7 Å². The van der Waals surface area contributed by atoms with Gasteiger partial charge in [-0.2, -0.15) is 0 Å². The van der Waals surface area contributed by atoms with Crippen molar-refractivity contribution in [3.8, 4) is 0 Å². The van der Waals surface area contributed by atoms with Crippen molar-refractivity contribution in [1.29, 1.82) is 0 Å². The number of benzene rings is 3. The van der Waals surface area contributed by atoms with Gasteiger partial charge in [0.15, 0.2) is 0 Å². The van der Waals surface area contributed by atoms with Crippen molar-refractivity contribution in [2.24, 2.45) is 0 Å². The number of nitrogens with zero attached hydrogens (tertiary/aromatic N) is 2. The molecule has 0 aromatic heterocycles. The van der Waals surface area contributed by atoms with Crippen LogP contribution in [0.2, 0.25) is 0 Å². The van der Waals surface area contributed by atoms with Gasteiger partial charge in [0.1, 0.15) is 17.5 Å². The molecule has 3 aromatic rings. The van der Waals surface area contributed by atoms with Crippen molar-refractivity contribution in [2.45, 2.75) is 44.0 Å². The molecule has 0 bridgehead atoms. The standard InChI is InChI=1S/C29H32F3N3O3S/c1-21(34-15-13-24(14-16-34)33-29(36)18-26-27(31)11-6-12-28(26)32)19-35(25-10-5-9-23(30)17-25)39(37,38)20-22-7-3-2-4-8-22/h2-12,17,21,24H,13-16,18-20H2,1H3,(H,33,36)/t21-/m1/s1. The zero-order valence-corrected chi connectivity index (χ0v) is 22.5. The average Bonchev–Trinajstić information content (AvgIpc) is 2.90. The van der Waals surface area contributed by atoms with Crippen LogP contribution in [-0.4, -0.2) is 50.9 Å². The van der Waals surface area contributed by atoms with E-state index in [0.29, 0.717) is 31.5 Å². The molecule has 0 radical (unpaired) electrons. The first-order valence-electron chi connectivity index (χ1n) is 12.9. The molecule has 1 saturated heterocycles. The van der Waals surface area contributed by atoms with Gasteiger partial charge in [-0.15, -0.1) is 0 Å². The predicted octanol–water partition coefficient (Wildman–Crippen LogP) is 4.65. The van der Waals surface area contributed by atoms with Crippen LogP contribution >= 0.6 is 0 Å². The summed E-state index contributed by atoms with van der Waals surface area (Å²) in [5.74, 6) is -2.69. The second-order valence-electron chi connectivity index (χ2n) is 9.86. The van der Waals surface area contributed by atoms with Gasteiger partial charge in [-0.25, -0.2) is 21.6 Å². The van der Waals surface area contributed by atoms with E-state index < -0.39 is 33.4 Å². The molecule has 10 heteroatoms. The fourth-order valence-corrected chi connectivity index (χ4v) is 6.50. The summed E-state index contributed by atoms with van der Waals surface area (Å²) in [4.78, 5) is 14.6. The van der Waals surface area contributed by atoms with Crippen LogP contribution in [0.15, 0.2) is 72.8 Å². The Balaban J connectivity index is 1.38. The zero-order chi connectivity index (χ0) is 28.0. The van der Waals surface area contributed by atoms with E-state index in [1.807, 2.05) is 13.0 Å². The molecule has 0 spiro atoms. The molecule has 1 aliphatic rings. The van der Waals surface area contributed by atoms with Crippen LogP contribution in [0.1, 0.15) is 30.9 Å². The SMILES string of the molecule is C[C@H](CN(c1cccc(F)c1)S(=O)(=O)Cc1ccccc1)N1CCC(NC(=O)Cc2c(F)cccc2F)CC1. The number of sulfonamides is 1. The van der Waals surface area contributed by atoms with E-state index in [-0.39, 0.29) is 42.1 Å². The number of carbonyl (C=O) groups is 1. The normalized spacial score (nSPS) is 15.6. The Morgan fingerprint density at radius 1 is 0.974 bits per heavy atom. The molecule has 0 saturated carbocycles. The van der Waals surface area contributed by atoms with Crippen molar-refractivity contribution in [3.63, 3.8) is 0 Å². The number of halogens is 3. The lowest BCUT2D eigenvalue weighted by molar-refractivity contribution is -0.121. The lowest BCUT2D eigenvalue weighted by Crippen LogP contribution is -2.51. The van der Waals surface area contributed by atoms with Crippen LogP contribution < -0.4 is 9.62 Å². The van der Waals surface area contributed by atoms with Gasteiger partial charge in [0.25, 0.3) is 0 Å². The first-order valence-corrected chi connectivity index (χ1v) is 14.5. The third-order valence-electron chi connectivity index (χ3n) is 6.97. The molecule has 4 rings (SSSR count). The van der Waals surface area contributed by atoms with Gasteiger partial charge in [0.2, 0.25) is 15.9 Å². The summed E-state index contributed by atoms with van der Waals surface area (Å²) in [6.07, 6.45) is 0.829. The Morgan fingerprint density at radius 3 is 2.26 bits per heavy atom. The van der Waals surface area contributed by atoms with Crippen LogP contribution in [0.4, 0.5) is 18.9 Å². The van der Waals surface area contributed by atoms with Gasteiger partial charge in [0, 0.05) is 37.3 Å². The van der Waals surface area contributed by atoms with Crippen molar-refractivity contribution >= 4 is 21.6 Å². The quantitative estimate of drug-likeness (QED) is 0.393. The molecule has 208 valence electrons. The number of hydrogen-bond donors (Lipinski definition) is 1. The van der Waals surface area contributed by atoms with E-state index in [2.05, 4.69) is 10.2 Å². The minimum atomic E-state index is -3.82. The minimum Gasteiger partial charge on any atom is -0.353 e. The van der Waals surface area contributed by atoms with Gasteiger partial charge in [-0.1, -0.05) is 42.5 Å². The lowest BCUT2D eigenvalue weighted by Gasteiger charge is -2.38. The van der Waals surface area contributed by atoms with E-state index in [0.717, 1.165) is 12.1 Å². The predicted molar refractivity (Wildman–Crippen MR) is 145 cm³/mol. The van der Waals surface area contributed by atoms with Gasteiger partial charge >= 0.3 is 0 Å². The van der Waals surface area contributed by atoms with Crippen molar-refractivity contribution < 1.29 is 26.4 Å². The fraction of sp³-hybridized carbons (Fsp3) is 0.345. The Morgan fingerprint density at radius 2 is 1.62 bits per heavy atom. The molecule has 1 heterocycles. The number of likely N-dealkylation sites (tertiary alicyclic amines) is 1. The smallest absolute Gasteiger partial charge is 0.239 e. The molecular weight excluding hydrogens is 527 g/mol. The van der Waals surface area contributed by atoms with Crippen molar-refractivity contribution in [1.82, 2.24) is 10.2 Å². The second-order valence-corrected chi connectivity index (χ2v) is 11.7. The van der Waals surface area contributed by atoms with Crippen LogP contribution in [0.5, 0.6) is 0 Å². The van der Waals surface area contributed by atoms with Crippen LogP contribution in [0.3, 0.4) is 0 Å². The minimum absolute atomic E-state index is 0.127. The second kappa shape index (κ2) is 12.7. The number of carbonyl (C=O) groups excluding carboxylic acids is 1. The summed E-state index contributed by atoms with van der Waals surface area (Å²) in [6, 6.07) is 17.6. The summed E-state index contributed by atoms with van der Waals surface area (Å²) in [5, 5.41) is 2.86. The van der Waals surface area contributed by atoms with E-state index in [1.54, 1.807) is 30.3 Å². The van der Waals surface area contributed by atoms with E-state index in [1.165, 1.54) is 28.6 Å². The molecule has 1 N–H and O–H groups in total. The maximum atomic E-state index is 14.1. The molecule has 6 nitrogen and oxygen atoms in total. The first-order chi connectivity index (χ1) is 18.6. The number of nitrogens with one attached hydrogen (secondary N) is 1. The van der Waals surface area contributed by atoms with E-state index >= 15 is 0 Å². The highest BCUT2D eigenvalue weighted by Crippen LogP contribution is 2.24. The summed E-state index contributed by atoms with van der Waals surface area (Å²) in [5.41, 5.74) is 0.647. The maximum Gasteiger partial charge on any atom is 0.239 e. The third kappa shape index (κ3) is 7.60. The van der Waals surface area contributed by atoms with Crippen molar-refractivity contribution in [2.75, 3.05) is 23.9 Å². The molecule has 39 heavy (non-hydrogen) atoms. The fourth-order valence-electron chi connectivity index (χ4n) is 4.85. The average molecular weight is 560 g/mol. The number of hydrogen-bond acceptors (Lipinski definition) is 4. The molecule has 1 aliphatic heterocycles. The Hall–Kier alpha value is -3.37. The molecule has 3 aromatic carbocycles. The molecule has 0 aliphatic carbocycles. The van der Waals surface area contributed by atoms with Gasteiger partial charge < -0.3 is 5.32 Å². The number of amides is 1. The summed E-state index contributed by atoms with van der Waals surface area (Å²) in [6.45, 7) is 3.23. The lowest BCUT2D eigenvalue weighted by atomic mass is 10.0. The van der Waals surface area contributed by atoms with Gasteiger partial charge in [-0.3, -0.25) is 14.0 Å². The van der Waals surface area contributed by atoms with Crippen LogP contribution in [0, 0.1) is 17.5 Å². The number of piperidine rings is 1. The van der Waals surface area contributed by atoms with E-state index in [9.17, 15) is 26.4 Å². The molecular formula is C29H32F3N3O3S. The maximum absolute atomic E-state index is 14.1. The van der Waals surface area contributed by atoms with Crippen LogP contribution in [0.25, 0.3) is 0 Å². The largest absolute Gasteiger partial charge is 0.353 e. The molecule has 0 unspecified atom stereocenters. The number of rotatable bonds is 10. The summed E-state index contributed by atoms with van der Waals surface area (Å²) < 4.78 is 70.1. The Kier molecular flexibility index (Phi) is 9.29. The Labute approximate surface area is 227 Å².